The van der Waals surface area contributed by atoms with Gasteiger partial charge in [0.25, 0.3) is 11.8 Å². The molecule has 0 unspecified atom stereocenters. The van der Waals surface area contributed by atoms with Gasteiger partial charge in [0.15, 0.2) is 5.54 Å². The van der Waals surface area contributed by atoms with Crippen molar-refractivity contribution in [1.29, 1.82) is 0 Å². The van der Waals surface area contributed by atoms with Crippen molar-refractivity contribution >= 4 is 17.8 Å². The van der Waals surface area contributed by atoms with Gasteiger partial charge in [-0.2, -0.15) is 0 Å². The lowest BCUT2D eigenvalue weighted by atomic mass is 9.88. The minimum absolute atomic E-state index is 0.0145. The fourth-order valence-corrected chi connectivity index (χ4v) is 4.19. The van der Waals surface area contributed by atoms with E-state index in [1.54, 1.807) is 47.5 Å². The Labute approximate surface area is 195 Å². The molecule has 0 radical (unpaired) electrons. The monoisotopic (exact) mass is 452 g/mol. The number of pyridine rings is 1. The van der Waals surface area contributed by atoms with Crippen LogP contribution in [-0.2, 0) is 16.9 Å². The molecular weight excluding hydrogens is 432 g/mol. The van der Waals surface area contributed by atoms with Crippen molar-refractivity contribution in [3.8, 4) is 17.6 Å². The third-order valence-electron chi connectivity index (χ3n) is 5.94. The topological polar surface area (TPSA) is 101 Å². The molecule has 0 aliphatic carbocycles. The molecule has 8 nitrogen and oxygen atoms in total. The lowest BCUT2D eigenvalue weighted by molar-refractivity contribution is -0.124. The zero-order valence-corrected chi connectivity index (χ0v) is 18.3. The van der Waals surface area contributed by atoms with E-state index in [1.807, 2.05) is 24.3 Å². The highest BCUT2D eigenvalue weighted by molar-refractivity contribution is 6.08. The van der Waals surface area contributed by atoms with E-state index < -0.39 is 17.5 Å². The number of nitrogens with zero attached hydrogens (tertiary/aromatic N) is 2. The molecule has 0 spiro atoms. The Hall–Kier alpha value is -4.64. The number of fused-ring (bicyclic) bond motifs is 1. The van der Waals surface area contributed by atoms with Crippen LogP contribution >= 0.6 is 0 Å². The normalized spacial score (nSPS) is 18.6. The molecule has 1 atom stereocenters. The fraction of sp³-hybridized carbons (Fsp3) is 0.154. The smallest absolute Gasteiger partial charge is 0.322 e. The zero-order chi connectivity index (χ0) is 23.7. The highest BCUT2D eigenvalue weighted by atomic mass is 16.5. The van der Waals surface area contributed by atoms with Gasteiger partial charge in [0.05, 0.1) is 13.7 Å². The Bertz CT molecular complexity index is 1360. The van der Waals surface area contributed by atoms with E-state index in [9.17, 15) is 14.4 Å². The van der Waals surface area contributed by atoms with E-state index >= 15 is 0 Å². The Kier molecular flexibility index (Phi) is 5.22. The third kappa shape index (κ3) is 3.73. The second kappa shape index (κ2) is 8.37. The fourth-order valence-electron chi connectivity index (χ4n) is 4.19. The minimum Gasteiger partial charge on any atom is -0.497 e. The van der Waals surface area contributed by atoms with Crippen molar-refractivity contribution in [2.45, 2.75) is 12.1 Å². The molecular formula is C26H20N4O4. The molecule has 168 valence electrons. The predicted molar refractivity (Wildman–Crippen MR) is 123 cm³/mol. The lowest BCUT2D eigenvalue weighted by Crippen LogP contribution is -2.52. The van der Waals surface area contributed by atoms with Gasteiger partial charge in [0.1, 0.15) is 11.4 Å². The van der Waals surface area contributed by atoms with Crippen LogP contribution < -0.4 is 15.4 Å². The van der Waals surface area contributed by atoms with E-state index in [4.69, 9.17) is 4.74 Å². The van der Waals surface area contributed by atoms with Crippen molar-refractivity contribution in [2.24, 2.45) is 0 Å². The van der Waals surface area contributed by atoms with Crippen LogP contribution in [0.2, 0.25) is 0 Å². The number of nitrogens with one attached hydrogen (secondary N) is 2. The average molecular weight is 452 g/mol. The lowest BCUT2D eigenvalue weighted by Gasteiger charge is -2.31. The first kappa shape index (κ1) is 21.2. The molecule has 0 saturated carbocycles. The van der Waals surface area contributed by atoms with Gasteiger partial charge in [-0.05, 0) is 53.4 Å². The molecule has 4 amide bonds. The molecule has 34 heavy (non-hydrogen) atoms. The number of aromatic nitrogens is 1. The van der Waals surface area contributed by atoms with Crippen molar-refractivity contribution in [1.82, 2.24) is 20.5 Å². The number of imide groups is 1. The first-order valence-electron chi connectivity index (χ1n) is 10.6. The van der Waals surface area contributed by atoms with Crippen LogP contribution in [0.3, 0.4) is 0 Å². The van der Waals surface area contributed by atoms with Crippen LogP contribution in [0.1, 0.15) is 32.7 Å². The van der Waals surface area contributed by atoms with E-state index in [0.29, 0.717) is 29.1 Å². The Balaban J connectivity index is 1.43. The van der Waals surface area contributed by atoms with Gasteiger partial charge in [0, 0.05) is 23.9 Å². The molecule has 2 aliphatic heterocycles. The number of carbonyl (C=O) groups excluding carboxylic acids is 3. The summed E-state index contributed by atoms with van der Waals surface area (Å²) in [5, 5.41) is 5.06. The zero-order valence-electron chi connectivity index (χ0n) is 18.3. The standard InChI is InChI=1S/C26H20N4O4/c1-34-21-12-8-18-15-30(23(31)22(18)14-21)16-26(24(32)28-25(33)29-26)19-9-5-17(6-10-19)7-11-20-4-2-3-13-27-20/h2-6,8-10,12-14H,15-16H2,1H3,(H2,28,29,32,33)/t26-/m1/s1. The second-order valence-electron chi connectivity index (χ2n) is 8.04. The average Bonchev–Trinajstić information content (AvgIpc) is 3.33. The van der Waals surface area contributed by atoms with Crippen LogP contribution in [0.4, 0.5) is 4.79 Å². The van der Waals surface area contributed by atoms with Crippen LogP contribution in [0.25, 0.3) is 0 Å². The number of urea groups is 1. The van der Waals surface area contributed by atoms with E-state index in [2.05, 4.69) is 27.5 Å². The molecule has 2 N–H and O–H groups in total. The summed E-state index contributed by atoms with van der Waals surface area (Å²) in [6.07, 6.45) is 1.67. The number of benzene rings is 2. The van der Waals surface area contributed by atoms with Crippen LogP contribution in [-0.4, -0.2) is 41.4 Å². The second-order valence-corrected chi connectivity index (χ2v) is 8.04. The molecule has 0 bridgehead atoms. The molecule has 5 rings (SSSR count). The van der Waals surface area contributed by atoms with Crippen molar-refractivity contribution in [3.63, 3.8) is 0 Å². The highest BCUT2D eigenvalue weighted by Gasteiger charge is 2.50. The maximum Gasteiger partial charge on any atom is 0.322 e. The number of amides is 4. The van der Waals surface area contributed by atoms with Crippen LogP contribution in [0.15, 0.2) is 66.9 Å². The van der Waals surface area contributed by atoms with Gasteiger partial charge in [-0.15, -0.1) is 0 Å². The molecule has 1 fully saturated rings. The van der Waals surface area contributed by atoms with Crippen molar-refractivity contribution in [2.75, 3.05) is 13.7 Å². The number of hydrogen-bond acceptors (Lipinski definition) is 5. The van der Waals surface area contributed by atoms with Crippen molar-refractivity contribution in [3.05, 3.63) is 94.8 Å². The molecule has 2 aromatic carbocycles. The van der Waals surface area contributed by atoms with E-state index in [0.717, 1.165) is 11.1 Å². The quantitative estimate of drug-likeness (QED) is 0.467. The largest absolute Gasteiger partial charge is 0.497 e. The third-order valence-corrected chi connectivity index (χ3v) is 5.94. The first-order chi connectivity index (χ1) is 16.5. The molecule has 3 aromatic rings. The Morgan fingerprint density at radius 2 is 1.88 bits per heavy atom. The van der Waals surface area contributed by atoms with Gasteiger partial charge in [-0.25, -0.2) is 9.78 Å². The molecule has 8 heteroatoms. The Morgan fingerprint density at radius 1 is 1.06 bits per heavy atom. The molecule has 3 heterocycles. The summed E-state index contributed by atoms with van der Waals surface area (Å²) in [7, 11) is 1.54. The van der Waals surface area contributed by atoms with E-state index in [-0.39, 0.29) is 12.5 Å². The van der Waals surface area contributed by atoms with Gasteiger partial charge < -0.3 is 15.0 Å². The molecule has 1 aromatic heterocycles. The summed E-state index contributed by atoms with van der Waals surface area (Å²) < 4.78 is 5.23. The van der Waals surface area contributed by atoms with Crippen LogP contribution in [0, 0.1) is 11.8 Å². The summed E-state index contributed by atoms with van der Waals surface area (Å²) in [5.41, 5.74) is 1.89. The van der Waals surface area contributed by atoms with Gasteiger partial charge in [-0.1, -0.05) is 30.2 Å². The SMILES string of the molecule is COc1ccc2c(c1)C(=O)N(C[C@]1(c3ccc(C#Cc4ccccn4)cc3)NC(=O)NC1=O)C2. The van der Waals surface area contributed by atoms with Crippen LogP contribution in [0.5, 0.6) is 5.75 Å². The minimum atomic E-state index is -1.41. The Morgan fingerprint density at radius 3 is 2.56 bits per heavy atom. The van der Waals surface area contributed by atoms with Gasteiger partial charge in [0.2, 0.25) is 0 Å². The predicted octanol–water partition coefficient (Wildman–Crippen LogP) is 2.18. The maximum absolute atomic E-state index is 13.1. The number of carbonyl (C=O) groups is 3. The van der Waals surface area contributed by atoms with Gasteiger partial charge in [-0.3, -0.25) is 14.9 Å². The van der Waals surface area contributed by atoms with Gasteiger partial charge >= 0.3 is 6.03 Å². The summed E-state index contributed by atoms with van der Waals surface area (Å²) in [6, 6.07) is 17.2. The maximum atomic E-state index is 13.1. The summed E-state index contributed by atoms with van der Waals surface area (Å²) in [6.45, 7) is 0.316. The summed E-state index contributed by atoms with van der Waals surface area (Å²) in [5.74, 6) is 5.87. The molecule has 1 saturated heterocycles. The number of rotatable bonds is 4. The van der Waals surface area contributed by atoms with E-state index in [1.165, 1.54) is 7.11 Å². The number of methoxy groups -OCH3 is 1. The number of ether oxygens (including phenoxy) is 1. The van der Waals surface area contributed by atoms with Crippen molar-refractivity contribution < 1.29 is 19.1 Å². The number of hydrogen-bond donors (Lipinski definition) is 2. The molecule has 2 aliphatic rings. The first-order valence-corrected chi connectivity index (χ1v) is 10.6. The highest BCUT2D eigenvalue weighted by Crippen LogP contribution is 2.32. The summed E-state index contributed by atoms with van der Waals surface area (Å²) >= 11 is 0. The summed E-state index contributed by atoms with van der Waals surface area (Å²) in [4.78, 5) is 43.9.